The summed E-state index contributed by atoms with van der Waals surface area (Å²) in [7, 11) is 1.54. The van der Waals surface area contributed by atoms with Crippen LogP contribution in [0.4, 0.5) is 23.4 Å². The average molecular weight is 623 g/mol. The first-order chi connectivity index (χ1) is 20.5. The smallest absolute Gasteiger partial charge is 0.416 e. The fourth-order valence-electron chi connectivity index (χ4n) is 5.65. The molecule has 1 N–H and O–H groups in total. The minimum absolute atomic E-state index is 0.0859. The Morgan fingerprint density at radius 2 is 1.91 bits per heavy atom. The Labute approximate surface area is 251 Å². The highest BCUT2D eigenvalue weighted by atomic mass is 32.1. The van der Waals surface area contributed by atoms with E-state index in [4.69, 9.17) is 14.8 Å². The van der Waals surface area contributed by atoms with Crippen LogP contribution in [0, 0.1) is 5.82 Å². The number of piperazine rings is 1. The van der Waals surface area contributed by atoms with Gasteiger partial charge in [0.2, 0.25) is 0 Å². The molecule has 0 aliphatic carbocycles. The number of alkyl halides is 3. The second kappa shape index (κ2) is 13.1. The SMILES string of the molecule is COc1c(Cc2nc(-c3cc(F)cc(C(F)(F)F)c3)c(CN3CCC[C@H]3C)s2)ncnc1N1CCN(CCC(=O)O)CC1. The zero-order valence-electron chi connectivity index (χ0n) is 24.0. The average Bonchev–Trinajstić information content (AvgIpc) is 3.56. The maximum absolute atomic E-state index is 14.4. The van der Waals surface area contributed by atoms with Crippen molar-refractivity contribution >= 4 is 23.1 Å². The van der Waals surface area contributed by atoms with Gasteiger partial charge in [-0.05, 0) is 44.5 Å². The maximum Gasteiger partial charge on any atom is 0.416 e. The number of hydrogen-bond acceptors (Lipinski definition) is 9. The molecule has 2 aliphatic heterocycles. The number of thiazole rings is 1. The van der Waals surface area contributed by atoms with Crippen molar-refractivity contribution in [2.45, 2.75) is 51.4 Å². The molecule has 0 amide bonds. The number of carboxylic acid groups (broad SMARTS) is 1. The lowest BCUT2D eigenvalue weighted by Gasteiger charge is -2.35. The number of ether oxygens (including phenoxy) is 1. The van der Waals surface area contributed by atoms with Crippen LogP contribution in [0.3, 0.4) is 0 Å². The van der Waals surface area contributed by atoms with E-state index in [1.165, 1.54) is 24.8 Å². The van der Waals surface area contributed by atoms with E-state index in [1.54, 1.807) is 0 Å². The minimum atomic E-state index is -4.69. The summed E-state index contributed by atoms with van der Waals surface area (Å²) in [5.74, 6) is -0.692. The van der Waals surface area contributed by atoms with Gasteiger partial charge in [-0.25, -0.2) is 19.3 Å². The van der Waals surface area contributed by atoms with Crippen LogP contribution < -0.4 is 9.64 Å². The van der Waals surface area contributed by atoms with Gasteiger partial charge in [-0.3, -0.25) is 14.6 Å². The number of aromatic nitrogens is 3. The molecule has 232 valence electrons. The lowest BCUT2D eigenvalue weighted by Crippen LogP contribution is -2.47. The third kappa shape index (κ3) is 7.42. The van der Waals surface area contributed by atoms with Gasteiger partial charge in [-0.2, -0.15) is 13.2 Å². The summed E-state index contributed by atoms with van der Waals surface area (Å²) in [6, 6.07) is 2.88. The Hall–Kier alpha value is -3.36. The molecule has 5 rings (SSSR count). The summed E-state index contributed by atoms with van der Waals surface area (Å²) < 4.78 is 60.8. The van der Waals surface area contributed by atoms with Gasteiger partial charge in [-0.1, -0.05) is 0 Å². The summed E-state index contributed by atoms with van der Waals surface area (Å²) in [4.78, 5) is 31.8. The van der Waals surface area contributed by atoms with Gasteiger partial charge in [-0.15, -0.1) is 11.3 Å². The Bertz CT molecular complexity index is 1440. The lowest BCUT2D eigenvalue weighted by atomic mass is 10.1. The number of benzene rings is 1. The molecule has 0 spiro atoms. The van der Waals surface area contributed by atoms with Crippen molar-refractivity contribution in [2.75, 3.05) is 51.3 Å². The van der Waals surface area contributed by atoms with Crippen LogP contribution in [-0.4, -0.2) is 88.2 Å². The Morgan fingerprint density at radius 3 is 2.56 bits per heavy atom. The predicted octanol–water partition coefficient (Wildman–Crippen LogP) is 4.94. The molecule has 2 saturated heterocycles. The standard InChI is InChI=1S/C29H34F4N6O3S/c1-18-4-3-6-39(18)16-23-26(19-12-20(29(31,32)33)14-21(30)13-19)36-24(43-23)15-22-27(42-2)28(35-17-34-22)38-10-8-37(9-11-38)7-5-25(40)41/h12-14,17-18H,3-11,15-16H2,1-2H3,(H,40,41)/t18-/m1/s1. The number of halogens is 4. The van der Waals surface area contributed by atoms with Crippen molar-refractivity contribution in [1.82, 2.24) is 24.8 Å². The van der Waals surface area contributed by atoms with Crippen LogP contribution >= 0.6 is 11.3 Å². The summed E-state index contributed by atoms with van der Waals surface area (Å²) in [5.41, 5.74) is -0.0391. The van der Waals surface area contributed by atoms with Crippen molar-refractivity contribution in [3.63, 3.8) is 0 Å². The number of carboxylic acids is 1. The second-order valence-electron chi connectivity index (χ2n) is 10.9. The highest BCUT2D eigenvalue weighted by Crippen LogP contribution is 2.38. The van der Waals surface area contributed by atoms with E-state index in [-0.39, 0.29) is 18.4 Å². The zero-order chi connectivity index (χ0) is 30.7. The second-order valence-corrected chi connectivity index (χ2v) is 12.1. The normalized spacial score (nSPS) is 18.4. The minimum Gasteiger partial charge on any atom is -0.491 e. The summed E-state index contributed by atoms with van der Waals surface area (Å²) >= 11 is 1.39. The molecule has 3 aromatic rings. The van der Waals surface area contributed by atoms with Crippen molar-refractivity contribution in [3.05, 3.63) is 51.5 Å². The summed E-state index contributed by atoms with van der Waals surface area (Å²) in [6.45, 7) is 6.60. The molecule has 0 bridgehead atoms. The Balaban J connectivity index is 1.43. The zero-order valence-corrected chi connectivity index (χ0v) is 24.8. The fourth-order valence-corrected chi connectivity index (χ4v) is 6.77. The topological polar surface area (TPSA) is 94.9 Å². The molecule has 0 unspecified atom stereocenters. The van der Waals surface area contributed by atoms with Crippen LogP contribution in [-0.2, 0) is 23.9 Å². The van der Waals surface area contributed by atoms with Gasteiger partial charge in [0, 0.05) is 62.2 Å². The van der Waals surface area contributed by atoms with E-state index in [0.717, 1.165) is 36.4 Å². The first-order valence-corrected chi connectivity index (χ1v) is 15.0. The highest BCUT2D eigenvalue weighted by molar-refractivity contribution is 7.12. The quantitative estimate of drug-likeness (QED) is 0.316. The van der Waals surface area contributed by atoms with E-state index in [0.29, 0.717) is 79.3 Å². The molecule has 14 heteroatoms. The number of anilines is 1. The molecule has 2 fully saturated rings. The van der Waals surface area contributed by atoms with Gasteiger partial charge in [0.25, 0.3) is 0 Å². The van der Waals surface area contributed by atoms with Gasteiger partial charge < -0.3 is 14.7 Å². The summed E-state index contributed by atoms with van der Waals surface area (Å²) in [6.07, 6.45) is -0.823. The van der Waals surface area contributed by atoms with Crippen LogP contribution in [0.1, 0.15) is 47.3 Å². The Morgan fingerprint density at radius 1 is 1.14 bits per heavy atom. The fraction of sp³-hybridized carbons (Fsp3) is 0.517. The lowest BCUT2D eigenvalue weighted by molar-refractivity contribution is -0.138. The number of hydrogen-bond donors (Lipinski definition) is 1. The molecule has 0 radical (unpaired) electrons. The Kier molecular flexibility index (Phi) is 9.47. The third-order valence-electron chi connectivity index (χ3n) is 7.97. The molecule has 1 aromatic carbocycles. The number of carbonyl (C=O) groups is 1. The van der Waals surface area contributed by atoms with E-state index in [9.17, 15) is 22.4 Å². The van der Waals surface area contributed by atoms with E-state index in [2.05, 4.69) is 31.6 Å². The van der Waals surface area contributed by atoms with Crippen molar-refractivity contribution in [2.24, 2.45) is 0 Å². The highest BCUT2D eigenvalue weighted by Gasteiger charge is 2.32. The molecule has 43 heavy (non-hydrogen) atoms. The molecule has 1 atom stereocenters. The summed E-state index contributed by atoms with van der Waals surface area (Å²) in [5, 5.41) is 9.60. The first-order valence-electron chi connectivity index (χ1n) is 14.2. The third-order valence-corrected chi connectivity index (χ3v) is 9.01. The van der Waals surface area contributed by atoms with Crippen LogP contribution in [0.2, 0.25) is 0 Å². The number of nitrogens with zero attached hydrogens (tertiary/aromatic N) is 6. The molecule has 4 heterocycles. The number of rotatable bonds is 10. The number of aliphatic carboxylic acids is 1. The molecule has 9 nitrogen and oxygen atoms in total. The van der Waals surface area contributed by atoms with Gasteiger partial charge in [0.1, 0.15) is 12.1 Å². The molecular weight excluding hydrogens is 588 g/mol. The maximum atomic E-state index is 14.4. The number of likely N-dealkylation sites (tertiary alicyclic amines) is 1. The van der Waals surface area contributed by atoms with Crippen LogP contribution in [0.25, 0.3) is 11.3 Å². The first kappa shape index (κ1) is 31.1. The predicted molar refractivity (Wildman–Crippen MR) is 154 cm³/mol. The van der Waals surface area contributed by atoms with Gasteiger partial charge in [0.05, 0.1) is 35.5 Å². The van der Waals surface area contributed by atoms with E-state index >= 15 is 0 Å². The molecule has 2 aromatic heterocycles. The van der Waals surface area contributed by atoms with Crippen LogP contribution in [0.15, 0.2) is 24.5 Å². The van der Waals surface area contributed by atoms with Crippen molar-refractivity contribution in [1.29, 1.82) is 0 Å². The van der Waals surface area contributed by atoms with Gasteiger partial charge in [0.15, 0.2) is 11.6 Å². The molecule has 0 saturated carbocycles. The monoisotopic (exact) mass is 622 g/mol. The van der Waals surface area contributed by atoms with E-state index in [1.807, 2.05) is 0 Å². The van der Waals surface area contributed by atoms with E-state index < -0.39 is 23.5 Å². The molecular formula is C29H34F4N6O3S. The van der Waals surface area contributed by atoms with Crippen molar-refractivity contribution < 1.29 is 32.2 Å². The van der Waals surface area contributed by atoms with Crippen LogP contribution in [0.5, 0.6) is 5.75 Å². The number of methoxy groups -OCH3 is 1. The molecule has 2 aliphatic rings. The van der Waals surface area contributed by atoms with Gasteiger partial charge >= 0.3 is 12.1 Å². The van der Waals surface area contributed by atoms with Crippen molar-refractivity contribution in [3.8, 4) is 17.0 Å². The largest absolute Gasteiger partial charge is 0.491 e.